The molecule has 1 saturated heterocycles. The highest BCUT2D eigenvalue weighted by Gasteiger charge is 2.51. The second-order valence-corrected chi connectivity index (χ2v) is 19.1. The molecule has 0 bridgehead atoms. The largest absolute Gasteiger partial charge is 0.494 e. The third-order valence-corrected chi connectivity index (χ3v) is 13.9. The lowest BCUT2D eigenvalue weighted by atomic mass is 9.79. The number of aromatic nitrogens is 3. The fraction of sp³-hybridized carbons (Fsp3) is 0.100. The average molecular weight is 923 g/mol. The minimum atomic E-state index is -0.410. The number of halogens is 2. The molecule has 0 N–H and O–H groups in total. The highest BCUT2D eigenvalue weighted by Crippen LogP contribution is 2.40. The summed E-state index contributed by atoms with van der Waals surface area (Å²) in [6.45, 7) is 8.38. The van der Waals surface area contributed by atoms with Gasteiger partial charge in [0.1, 0.15) is 10.3 Å². The Kier molecular flexibility index (Phi) is 11.2. The molecule has 0 spiro atoms. The van der Waals surface area contributed by atoms with Crippen LogP contribution < -0.4 is 5.46 Å². The van der Waals surface area contributed by atoms with Crippen molar-refractivity contribution in [2.24, 2.45) is 0 Å². The lowest BCUT2D eigenvalue weighted by molar-refractivity contribution is 0.00578. The summed E-state index contributed by atoms with van der Waals surface area (Å²) in [6.07, 6.45) is 0. The first-order chi connectivity index (χ1) is 33.0. The predicted molar refractivity (Wildman–Crippen MR) is 285 cm³/mol. The second-order valence-electron chi connectivity index (χ2n) is 18.3. The van der Waals surface area contributed by atoms with E-state index >= 15 is 0 Å². The summed E-state index contributed by atoms with van der Waals surface area (Å²) in [5.74, 6) is 0. The van der Waals surface area contributed by atoms with Gasteiger partial charge in [0.05, 0.1) is 33.3 Å². The summed E-state index contributed by atoms with van der Waals surface area (Å²) in [5.41, 5.74) is 14.3. The second kappa shape index (κ2) is 17.5. The molecule has 1 aliphatic rings. The van der Waals surface area contributed by atoms with E-state index in [-0.39, 0.29) is 11.2 Å². The maximum absolute atomic E-state index is 6.40. The number of hydrogen-bond donors (Lipinski definition) is 0. The van der Waals surface area contributed by atoms with Crippen LogP contribution in [0.5, 0.6) is 0 Å². The van der Waals surface area contributed by atoms with Gasteiger partial charge in [0, 0.05) is 27.2 Å². The third-order valence-electron chi connectivity index (χ3n) is 13.5. The first kappa shape index (κ1) is 43.5. The van der Waals surface area contributed by atoms with E-state index in [4.69, 9.17) is 32.5 Å². The number of rotatable bonds is 6. The van der Waals surface area contributed by atoms with Gasteiger partial charge in [-0.1, -0.05) is 181 Å². The van der Waals surface area contributed by atoms with Crippen molar-refractivity contribution in [1.29, 1.82) is 0 Å². The molecule has 0 unspecified atom stereocenters. The Morgan fingerprint density at radius 1 is 0.397 bits per heavy atom. The minimum absolute atomic E-state index is 0.387. The van der Waals surface area contributed by atoms with E-state index in [1.54, 1.807) is 0 Å². The number of nitrogens with zero attached hydrogens (tertiary/aromatic N) is 3. The fourth-order valence-corrected chi connectivity index (χ4v) is 9.72. The standard InChI is InChI=1S/C36H32BNO2.C24H14Cl2N2/c1-35(2)36(3,4)40-37(39-35)29-16-11-17-30(24-29)38-33-20-18-27(25-12-7-5-8-13-25)22-31(33)32-23-28(19-21-34(32)38)26-14-9-6-10-15-26;25-21-13-19(15-7-3-1-4-8-15)17-11-12-18-20(16-9-5-2-6-10-16)14-22(26)28-24(18)23(17)27-21/h5-24H,1-4H3;1-14H. The number of hydrogen-bond acceptors (Lipinski definition) is 4. The number of benzene rings is 8. The van der Waals surface area contributed by atoms with Crippen molar-refractivity contribution in [2.75, 3.05) is 0 Å². The molecule has 8 heteroatoms. The fourth-order valence-electron chi connectivity index (χ4n) is 9.34. The maximum atomic E-state index is 6.40. The molecule has 0 atom stereocenters. The molecule has 4 heterocycles. The van der Waals surface area contributed by atoms with Crippen molar-refractivity contribution >= 4 is 79.4 Å². The predicted octanol–water partition coefficient (Wildman–Crippen LogP) is 15.8. The topological polar surface area (TPSA) is 49.2 Å². The summed E-state index contributed by atoms with van der Waals surface area (Å²) in [6, 6.07) is 71.7. The van der Waals surface area contributed by atoms with Crippen molar-refractivity contribution in [2.45, 2.75) is 38.9 Å². The summed E-state index contributed by atoms with van der Waals surface area (Å²) in [5, 5.41) is 5.32. The highest BCUT2D eigenvalue weighted by molar-refractivity contribution is 6.62. The van der Waals surface area contributed by atoms with E-state index in [2.05, 4.69) is 200 Å². The normalized spacial score (nSPS) is 14.1. The van der Waals surface area contributed by atoms with Gasteiger partial charge < -0.3 is 13.9 Å². The molecule has 11 aromatic rings. The molecule has 0 radical (unpaired) electrons. The lowest BCUT2D eigenvalue weighted by Gasteiger charge is -2.32. The van der Waals surface area contributed by atoms with Crippen LogP contribution in [0.4, 0.5) is 0 Å². The van der Waals surface area contributed by atoms with Crippen molar-refractivity contribution in [3.8, 4) is 50.2 Å². The summed E-state index contributed by atoms with van der Waals surface area (Å²) in [7, 11) is -0.410. The van der Waals surface area contributed by atoms with Gasteiger partial charge in [0.25, 0.3) is 0 Å². The third kappa shape index (κ3) is 8.03. The van der Waals surface area contributed by atoms with Crippen LogP contribution in [0.1, 0.15) is 27.7 Å². The van der Waals surface area contributed by atoms with Gasteiger partial charge in [-0.2, -0.15) is 0 Å². The van der Waals surface area contributed by atoms with E-state index in [1.165, 1.54) is 44.1 Å². The van der Waals surface area contributed by atoms with Gasteiger partial charge >= 0.3 is 7.12 Å². The van der Waals surface area contributed by atoms with Gasteiger partial charge in [0.15, 0.2) is 0 Å². The van der Waals surface area contributed by atoms with Crippen LogP contribution in [0.3, 0.4) is 0 Å². The Bertz CT molecular complexity index is 3440. The van der Waals surface area contributed by atoms with Gasteiger partial charge in [-0.05, 0) is 126 Å². The van der Waals surface area contributed by atoms with Gasteiger partial charge in [-0.3, -0.25) is 0 Å². The molecule has 68 heavy (non-hydrogen) atoms. The van der Waals surface area contributed by atoms with Gasteiger partial charge in [-0.25, -0.2) is 9.97 Å². The minimum Gasteiger partial charge on any atom is -0.399 e. The van der Waals surface area contributed by atoms with E-state index in [0.717, 1.165) is 55.2 Å². The maximum Gasteiger partial charge on any atom is 0.494 e. The summed E-state index contributed by atoms with van der Waals surface area (Å²) >= 11 is 12.8. The van der Waals surface area contributed by atoms with Gasteiger partial charge in [0.2, 0.25) is 0 Å². The molecule has 0 saturated carbocycles. The van der Waals surface area contributed by atoms with Crippen molar-refractivity contribution < 1.29 is 9.31 Å². The van der Waals surface area contributed by atoms with Crippen LogP contribution in [0.15, 0.2) is 206 Å². The molecule has 0 aliphatic carbocycles. The van der Waals surface area contributed by atoms with E-state index in [0.29, 0.717) is 10.3 Å². The Morgan fingerprint density at radius 2 is 0.809 bits per heavy atom. The van der Waals surface area contributed by atoms with Crippen LogP contribution in [0, 0.1) is 0 Å². The summed E-state index contributed by atoms with van der Waals surface area (Å²) < 4.78 is 15.2. The Morgan fingerprint density at radius 3 is 1.24 bits per heavy atom. The average Bonchev–Trinajstić information content (AvgIpc) is 3.81. The molecule has 1 fully saturated rings. The molecule has 0 amide bonds. The molecular weight excluding hydrogens is 876 g/mol. The molecular formula is C60H46BCl2N3O2. The first-order valence-electron chi connectivity index (χ1n) is 22.9. The zero-order chi connectivity index (χ0) is 46.6. The molecule has 330 valence electrons. The molecule has 5 nitrogen and oxygen atoms in total. The van der Waals surface area contributed by atoms with Crippen LogP contribution in [0.25, 0.3) is 93.8 Å². The molecule has 3 aromatic heterocycles. The lowest BCUT2D eigenvalue weighted by Crippen LogP contribution is -2.41. The number of pyridine rings is 2. The zero-order valence-electron chi connectivity index (χ0n) is 38.1. The van der Waals surface area contributed by atoms with Crippen LogP contribution in [0.2, 0.25) is 10.3 Å². The van der Waals surface area contributed by atoms with Crippen LogP contribution in [-0.2, 0) is 9.31 Å². The smallest absolute Gasteiger partial charge is 0.399 e. The van der Waals surface area contributed by atoms with Crippen molar-refractivity contribution in [1.82, 2.24) is 14.5 Å². The van der Waals surface area contributed by atoms with Crippen LogP contribution >= 0.6 is 23.2 Å². The molecule has 12 rings (SSSR count). The Hall–Kier alpha value is -7.06. The monoisotopic (exact) mass is 921 g/mol. The quantitative estimate of drug-likeness (QED) is 0.0947. The number of fused-ring (bicyclic) bond motifs is 6. The van der Waals surface area contributed by atoms with E-state index in [1.807, 2.05) is 48.5 Å². The van der Waals surface area contributed by atoms with E-state index in [9.17, 15) is 0 Å². The molecule has 1 aliphatic heterocycles. The highest BCUT2D eigenvalue weighted by atomic mass is 35.5. The van der Waals surface area contributed by atoms with Crippen molar-refractivity contribution in [3.05, 3.63) is 217 Å². The van der Waals surface area contributed by atoms with Crippen molar-refractivity contribution in [3.63, 3.8) is 0 Å². The van der Waals surface area contributed by atoms with E-state index < -0.39 is 7.12 Å². The first-order valence-corrected chi connectivity index (χ1v) is 23.6. The van der Waals surface area contributed by atoms with Crippen LogP contribution in [-0.4, -0.2) is 32.9 Å². The zero-order valence-corrected chi connectivity index (χ0v) is 39.6. The Labute approximate surface area is 406 Å². The SMILES string of the molecule is CC1(C)OB(c2cccc(-n3c4ccc(-c5ccccc5)cc4c4cc(-c5ccccc5)ccc43)c2)OC1(C)C.Clc1cc(-c2ccccc2)c2ccc3c(-c4ccccc4)cc(Cl)nc3c2n1. The van der Waals surface area contributed by atoms with Gasteiger partial charge in [-0.15, -0.1) is 0 Å². The Balaban J connectivity index is 0.000000159. The molecule has 8 aromatic carbocycles. The summed E-state index contributed by atoms with van der Waals surface area (Å²) in [4.78, 5) is 9.22.